The number of nitrogen functional groups attached to an aromatic ring is 1. The maximum Gasteiger partial charge on any atom is 0.165 e. The number of benzene rings is 1. The summed E-state index contributed by atoms with van der Waals surface area (Å²) in [5.74, 6) is 1.25. The summed E-state index contributed by atoms with van der Waals surface area (Å²) in [5.41, 5.74) is 7.69. The van der Waals surface area contributed by atoms with Gasteiger partial charge in [0, 0.05) is 12.0 Å². The molecule has 0 amide bonds. The van der Waals surface area contributed by atoms with E-state index in [1.165, 1.54) is 5.56 Å². The third kappa shape index (κ3) is 2.36. The molecule has 0 bridgehead atoms. The Hall–Kier alpha value is -2.54. The molecule has 0 radical (unpaired) electrons. The Balaban J connectivity index is 1.70. The maximum atomic E-state index is 8.90. The quantitative estimate of drug-likeness (QED) is 0.877. The van der Waals surface area contributed by atoms with Crippen LogP contribution in [0, 0.1) is 11.3 Å². The second-order valence-corrected chi connectivity index (χ2v) is 4.75. The Bertz CT molecular complexity index is 630. The van der Waals surface area contributed by atoms with Crippen molar-refractivity contribution in [2.45, 2.75) is 18.4 Å². The summed E-state index contributed by atoms with van der Waals surface area (Å²) in [7, 11) is 0. The van der Waals surface area contributed by atoms with Crippen molar-refractivity contribution in [2.24, 2.45) is 0 Å². The molecule has 2 aromatic rings. The number of nitrogens with two attached hydrogens (primary N) is 1. The Morgan fingerprint density at radius 1 is 1.21 bits per heavy atom. The van der Waals surface area contributed by atoms with Crippen LogP contribution in [0.15, 0.2) is 42.5 Å². The summed E-state index contributed by atoms with van der Waals surface area (Å²) in [6, 6.07) is 16.3. The van der Waals surface area contributed by atoms with Crippen molar-refractivity contribution >= 4 is 11.5 Å². The van der Waals surface area contributed by atoms with Gasteiger partial charge in [0.25, 0.3) is 0 Å². The van der Waals surface area contributed by atoms with Gasteiger partial charge < -0.3 is 11.1 Å². The van der Waals surface area contributed by atoms with E-state index in [2.05, 4.69) is 34.6 Å². The number of hydrogen-bond acceptors (Lipinski definition) is 4. The van der Waals surface area contributed by atoms with E-state index in [0.29, 0.717) is 23.5 Å². The normalized spacial score (nSPS) is 20.6. The highest BCUT2D eigenvalue weighted by atomic mass is 15.1. The van der Waals surface area contributed by atoms with Crippen LogP contribution >= 0.6 is 0 Å². The average Bonchev–Trinajstić information content (AvgIpc) is 3.21. The first-order chi connectivity index (χ1) is 9.28. The van der Waals surface area contributed by atoms with Gasteiger partial charge in [0.1, 0.15) is 11.9 Å². The molecule has 0 saturated heterocycles. The number of nitrogens with one attached hydrogen (secondary N) is 1. The van der Waals surface area contributed by atoms with E-state index >= 15 is 0 Å². The van der Waals surface area contributed by atoms with Crippen molar-refractivity contribution < 1.29 is 0 Å². The third-order valence-corrected chi connectivity index (χ3v) is 3.38. The first-order valence-electron chi connectivity index (χ1n) is 6.26. The maximum absolute atomic E-state index is 8.90. The Morgan fingerprint density at radius 2 is 2.00 bits per heavy atom. The van der Waals surface area contributed by atoms with Gasteiger partial charge >= 0.3 is 0 Å². The number of pyridine rings is 1. The molecule has 4 nitrogen and oxygen atoms in total. The van der Waals surface area contributed by atoms with E-state index in [1.54, 1.807) is 6.07 Å². The molecule has 3 rings (SSSR count). The molecule has 1 heterocycles. The molecule has 0 spiro atoms. The third-order valence-electron chi connectivity index (χ3n) is 3.38. The molecule has 19 heavy (non-hydrogen) atoms. The Morgan fingerprint density at radius 3 is 2.74 bits per heavy atom. The van der Waals surface area contributed by atoms with Crippen molar-refractivity contribution in [2.75, 3.05) is 11.1 Å². The van der Waals surface area contributed by atoms with E-state index in [0.717, 1.165) is 6.42 Å². The highest BCUT2D eigenvalue weighted by Gasteiger charge is 2.38. The van der Waals surface area contributed by atoms with Crippen LogP contribution in [0.2, 0.25) is 0 Å². The van der Waals surface area contributed by atoms with Crippen molar-refractivity contribution in [3.05, 3.63) is 53.7 Å². The molecule has 94 valence electrons. The van der Waals surface area contributed by atoms with Crippen molar-refractivity contribution in [1.29, 1.82) is 5.26 Å². The van der Waals surface area contributed by atoms with Gasteiger partial charge in [-0.05, 0) is 24.1 Å². The molecular formula is C15H14N4. The van der Waals surface area contributed by atoms with Gasteiger partial charge in [-0.3, -0.25) is 0 Å². The lowest BCUT2D eigenvalue weighted by Gasteiger charge is -2.06. The van der Waals surface area contributed by atoms with E-state index in [9.17, 15) is 0 Å². The second-order valence-electron chi connectivity index (χ2n) is 4.75. The van der Waals surface area contributed by atoms with Crippen LogP contribution in [0.5, 0.6) is 0 Å². The minimum Gasteiger partial charge on any atom is -0.396 e. The molecule has 3 N–H and O–H groups in total. The number of rotatable bonds is 3. The fraction of sp³-hybridized carbons (Fsp3) is 0.200. The van der Waals surface area contributed by atoms with Gasteiger partial charge in [-0.1, -0.05) is 30.3 Å². The van der Waals surface area contributed by atoms with Crippen LogP contribution in [0.25, 0.3) is 0 Å². The van der Waals surface area contributed by atoms with Gasteiger partial charge in [0.05, 0.1) is 5.69 Å². The second kappa shape index (κ2) is 4.62. The van der Waals surface area contributed by atoms with Gasteiger partial charge in [-0.15, -0.1) is 0 Å². The zero-order chi connectivity index (χ0) is 13.2. The molecule has 1 aliphatic carbocycles. The Labute approximate surface area is 111 Å². The lowest BCUT2D eigenvalue weighted by molar-refractivity contribution is 1.03. The molecule has 1 saturated carbocycles. The summed E-state index contributed by atoms with van der Waals surface area (Å²) in [6.07, 6.45) is 1.10. The molecule has 1 aromatic carbocycles. The Kier molecular flexibility index (Phi) is 2.81. The molecule has 2 unspecified atom stereocenters. The van der Waals surface area contributed by atoms with Crippen molar-refractivity contribution in [1.82, 2.24) is 4.98 Å². The van der Waals surface area contributed by atoms with Crippen LogP contribution < -0.4 is 11.1 Å². The molecule has 1 aliphatic rings. The van der Waals surface area contributed by atoms with Crippen LogP contribution in [0.1, 0.15) is 23.6 Å². The van der Waals surface area contributed by atoms with Crippen LogP contribution in [-0.4, -0.2) is 11.0 Å². The van der Waals surface area contributed by atoms with Gasteiger partial charge in [0.2, 0.25) is 0 Å². The lowest BCUT2D eigenvalue weighted by atomic mass is 10.1. The first-order valence-corrected chi connectivity index (χ1v) is 6.26. The van der Waals surface area contributed by atoms with Gasteiger partial charge in [-0.2, -0.15) is 5.26 Å². The van der Waals surface area contributed by atoms with Crippen LogP contribution in [-0.2, 0) is 0 Å². The van der Waals surface area contributed by atoms with E-state index in [1.807, 2.05) is 18.2 Å². The SMILES string of the molecule is N#Cc1nc(NC2CC2c2ccccc2)ccc1N. The molecule has 1 fully saturated rings. The first kappa shape index (κ1) is 11.5. The zero-order valence-electron chi connectivity index (χ0n) is 10.4. The zero-order valence-corrected chi connectivity index (χ0v) is 10.4. The molecule has 1 aromatic heterocycles. The van der Waals surface area contributed by atoms with Crippen LogP contribution in [0.4, 0.5) is 11.5 Å². The fourth-order valence-corrected chi connectivity index (χ4v) is 2.25. The molecular weight excluding hydrogens is 236 g/mol. The number of anilines is 2. The number of aromatic nitrogens is 1. The topological polar surface area (TPSA) is 74.7 Å². The summed E-state index contributed by atoms with van der Waals surface area (Å²) in [6.45, 7) is 0. The highest BCUT2D eigenvalue weighted by molar-refractivity contribution is 5.55. The number of nitrogens with zero attached hydrogens (tertiary/aromatic N) is 2. The van der Waals surface area contributed by atoms with E-state index in [4.69, 9.17) is 11.0 Å². The van der Waals surface area contributed by atoms with Gasteiger partial charge in [0.15, 0.2) is 5.69 Å². The predicted molar refractivity (Wildman–Crippen MR) is 74.6 cm³/mol. The van der Waals surface area contributed by atoms with Crippen molar-refractivity contribution in [3.63, 3.8) is 0 Å². The number of hydrogen-bond donors (Lipinski definition) is 2. The fourth-order valence-electron chi connectivity index (χ4n) is 2.25. The van der Waals surface area contributed by atoms with Crippen molar-refractivity contribution in [3.8, 4) is 6.07 Å². The summed E-state index contributed by atoms with van der Waals surface area (Å²) in [5, 5.41) is 12.3. The van der Waals surface area contributed by atoms with E-state index < -0.39 is 0 Å². The number of nitriles is 1. The predicted octanol–water partition coefficient (Wildman–Crippen LogP) is 2.50. The lowest BCUT2D eigenvalue weighted by Crippen LogP contribution is -2.07. The standard InChI is InChI=1S/C15H14N4/c16-9-14-12(17)6-7-15(19-14)18-13-8-11(13)10-4-2-1-3-5-10/h1-7,11,13H,8,17H2,(H,18,19). The smallest absolute Gasteiger partial charge is 0.165 e. The van der Waals surface area contributed by atoms with Crippen LogP contribution in [0.3, 0.4) is 0 Å². The minimum atomic E-state index is 0.280. The summed E-state index contributed by atoms with van der Waals surface area (Å²) >= 11 is 0. The monoisotopic (exact) mass is 250 g/mol. The molecule has 2 atom stereocenters. The minimum absolute atomic E-state index is 0.280. The average molecular weight is 250 g/mol. The summed E-state index contributed by atoms with van der Waals surface area (Å²) in [4.78, 5) is 4.20. The van der Waals surface area contributed by atoms with Gasteiger partial charge in [-0.25, -0.2) is 4.98 Å². The summed E-state index contributed by atoms with van der Waals surface area (Å²) < 4.78 is 0. The molecule has 0 aliphatic heterocycles. The molecule has 4 heteroatoms. The highest BCUT2D eigenvalue weighted by Crippen LogP contribution is 2.42. The van der Waals surface area contributed by atoms with E-state index in [-0.39, 0.29) is 5.69 Å². The largest absolute Gasteiger partial charge is 0.396 e.